The lowest BCUT2D eigenvalue weighted by Crippen LogP contribution is -2.41. The smallest absolute Gasteiger partial charge is 0.455 e. The molecule has 0 bridgehead atoms. The molecule has 1 amide bonds. The topological polar surface area (TPSA) is 121 Å². The van der Waals surface area contributed by atoms with Crippen molar-refractivity contribution in [1.82, 2.24) is 0 Å². The number of nitrogens with two attached hydrogens (primary N) is 1. The third-order valence-corrected chi connectivity index (χ3v) is 10.7. The predicted octanol–water partition coefficient (Wildman–Crippen LogP) is 6.91. The molecule has 0 spiro atoms. The van der Waals surface area contributed by atoms with E-state index < -0.39 is 40.1 Å². The number of benzene rings is 3. The highest BCUT2D eigenvalue weighted by Crippen LogP contribution is 2.48. The molecule has 12 heteroatoms. The van der Waals surface area contributed by atoms with E-state index in [0.29, 0.717) is 35.1 Å². The number of halogens is 1. The molecule has 6 rings (SSSR count). The van der Waals surface area contributed by atoms with Gasteiger partial charge in [-0.15, -0.1) is 0 Å². The summed E-state index contributed by atoms with van der Waals surface area (Å²) in [6.45, 7) is 8.66. The van der Waals surface area contributed by atoms with Gasteiger partial charge in [0.2, 0.25) is 10.0 Å². The molecule has 1 aliphatic heterocycles. The Morgan fingerprint density at radius 1 is 1.04 bits per heavy atom. The summed E-state index contributed by atoms with van der Waals surface area (Å²) in [6, 6.07) is 18.9. The molecule has 4 aromatic rings. The van der Waals surface area contributed by atoms with Crippen molar-refractivity contribution in [3.05, 3.63) is 89.2 Å². The minimum Gasteiger partial charge on any atom is -0.455 e. The van der Waals surface area contributed by atoms with Crippen LogP contribution in [0.15, 0.2) is 71.1 Å². The molecule has 2 fully saturated rings. The molecule has 48 heavy (non-hydrogen) atoms. The molecule has 254 valence electrons. The maximum absolute atomic E-state index is 13.7. The number of amides is 1. The fourth-order valence-corrected chi connectivity index (χ4v) is 7.23. The summed E-state index contributed by atoms with van der Waals surface area (Å²) < 4.78 is 67.5. The van der Waals surface area contributed by atoms with E-state index in [-0.39, 0.29) is 36.3 Å². The first-order valence-electron chi connectivity index (χ1n) is 16.2. The number of fused-ring (bicyclic) bond motifs is 1. The number of nitrogens with zero attached hydrogens (tertiary/aromatic N) is 1. The summed E-state index contributed by atoms with van der Waals surface area (Å²) in [5, 5.41) is 0.487. The minimum atomic E-state index is -3.82. The van der Waals surface area contributed by atoms with Crippen LogP contribution in [0.5, 0.6) is 0 Å². The zero-order valence-corrected chi connectivity index (χ0v) is 28.8. The number of sulfonamides is 1. The number of carbonyl (C=O) groups excluding carboxylic acids is 1. The Labute approximate surface area is 281 Å². The summed E-state index contributed by atoms with van der Waals surface area (Å²) in [5.41, 5.74) is 7.99. The number of hydrogen-bond donors (Lipinski definition) is 1. The van der Waals surface area contributed by atoms with Gasteiger partial charge in [0, 0.05) is 23.6 Å². The van der Waals surface area contributed by atoms with Gasteiger partial charge in [-0.05, 0) is 100 Å². The summed E-state index contributed by atoms with van der Waals surface area (Å²) in [4.78, 5) is 12.8. The van der Waals surface area contributed by atoms with E-state index >= 15 is 0 Å². The Morgan fingerprint density at radius 3 is 2.27 bits per heavy atom. The minimum absolute atomic E-state index is 0.0944. The van der Waals surface area contributed by atoms with Crippen LogP contribution in [0.1, 0.15) is 67.9 Å². The first kappa shape index (κ1) is 34.2. The monoisotopic (exact) mass is 676 g/mol. The second-order valence-corrected chi connectivity index (χ2v) is 15.8. The highest BCUT2D eigenvalue weighted by molar-refractivity contribution is 7.92. The van der Waals surface area contributed by atoms with Crippen molar-refractivity contribution in [3.63, 3.8) is 0 Å². The van der Waals surface area contributed by atoms with E-state index in [4.69, 9.17) is 24.2 Å². The number of hydrogen-bond acceptors (Lipinski definition) is 7. The van der Waals surface area contributed by atoms with Crippen LogP contribution in [-0.2, 0) is 30.7 Å². The largest absolute Gasteiger partial charge is 0.458 e. The zero-order chi connectivity index (χ0) is 34.4. The summed E-state index contributed by atoms with van der Waals surface area (Å²) in [7, 11) is -4.38. The van der Waals surface area contributed by atoms with Gasteiger partial charge in [-0.25, -0.2) is 12.8 Å². The molecule has 1 atom stereocenters. The molecular weight excluding hydrogens is 634 g/mol. The maximum atomic E-state index is 13.7. The Balaban J connectivity index is 1.38. The highest BCUT2D eigenvalue weighted by Gasteiger charge is 2.51. The third-order valence-electron chi connectivity index (χ3n) is 9.59. The summed E-state index contributed by atoms with van der Waals surface area (Å²) in [6.07, 6.45) is 3.34. The van der Waals surface area contributed by atoms with Gasteiger partial charge in [-0.1, -0.05) is 30.3 Å². The molecule has 2 heterocycles. The van der Waals surface area contributed by atoms with Gasteiger partial charge in [-0.2, -0.15) is 0 Å². The number of carbonyl (C=O) groups is 1. The molecule has 1 saturated carbocycles. The lowest BCUT2D eigenvalue weighted by atomic mass is 9.77. The Morgan fingerprint density at radius 2 is 1.69 bits per heavy atom. The number of ether oxygens (including phenoxy) is 1. The van der Waals surface area contributed by atoms with Crippen LogP contribution >= 0.6 is 0 Å². The molecule has 2 N–H and O–H groups in total. The van der Waals surface area contributed by atoms with E-state index in [1.807, 2.05) is 64.1 Å². The van der Waals surface area contributed by atoms with Gasteiger partial charge in [0.15, 0.2) is 0 Å². The fraction of sp³-hybridized carbons (Fsp3) is 0.417. The van der Waals surface area contributed by atoms with Gasteiger partial charge in [0.25, 0.3) is 5.91 Å². The van der Waals surface area contributed by atoms with Crippen LogP contribution in [0.25, 0.3) is 22.3 Å². The standard InChI is InChI=1S/C36H42BFN2O7S/c1-35(2)36(3,4)47-37(46-35)19-24(22-44-21-23-9-7-6-8-10-23)20-40(48(5,42)43)30-18-31-29(17-28(30)25-11-12-25)32(34(39)41)33(45-31)26-13-15-27(38)16-14-26/h6-10,13-18,24-25H,11-12,19-22H2,1-5H3,(H2,39,41). The van der Waals surface area contributed by atoms with E-state index in [9.17, 15) is 17.6 Å². The van der Waals surface area contributed by atoms with Crippen molar-refractivity contribution in [2.75, 3.05) is 23.7 Å². The number of rotatable bonds is 13. The molecule has 1 unspecified atom stereocenters. The molecule has 0 radical (unpaired) electrons. The Bertz CT molecular complexity index is 1890. The van der Waals surface area contributed by atoms with Crippen LogP contribution in [0.2, 0.25) is 6.32 Å². The van der Waals surface area contributed by atoms with Crippen LogP contribution in [0.3, 0.4) is 0 Å². The average Bonchev–Trinajstić information content (AvgIpc) is 3.74. The van der Waals surface area contributed by atoms with Crippen molar-refractivity contribution in [2.24, 2.45) is 11.7 Å². The Kier molecular flexibility index (Phi) is 9.23. The normalized spacial score (nSPS) is 17.9. The predicted molar refractivity (Wildman–Crippen MR) is 185 cm³/mol. The van der Waals surface area contributed by atoms with Crippen LogP contribution in [0, 0.1) is 11.7 Å². The van der Waals surface area contributed by atoms with E-state index in [1.165, 1.54) is 34.8 Å². The van der Waals surface area contributed by atoms with Crippen molar-refractivity contribution in [2.45, 2.75) is 70.6 Å². The van der Waals surface area contributed by atoms with Crippen LogP contribution < -0.4 is 10.0 Å². The van der Waals surface area contributed by atoms with Crippen LogP contribution in [0.4, 0.5) is 10.1 Å². The van der Waals surface area contributed by atoms with E-state index in [1.54, 1.807) is 6.07 Å². The van der Waals surface area contributed by atoms with E-state index in [0.717, 1.165) is 24.0 Å². The molecule has 1 aromatic heterocycles. The Hall–Kier alpha value is -3.71. The molecule has 1 aliphatic carbocycles. The third kappa shape index (κ3) is 7.17. The second kappa shape index (κ2) is 13.0. The molecule has 9 nitrogen and oxygen atoms in total. The quantitative estimate of drug-likeness (QED) is 0.153. The summed E-state index contributed by atoms with van der Waals surface area (Å²) in [5.74, 6) is -1.13. The van der Waals surface area contributed by atoms with Gasteiger partial charge in [0.1, 0.15) is 17.2 Å². The SMILES string of the molecule is CC1(C)OB(CC(COCc2ccccc2)CN(c2cc3oc(-c4ccc(F)cc4)c(C(N)=O)c3cc2C2CC2)S(C)(=O)=O)OC1(C)C. The molecule has 2 aliphatic rings. The fourth-order valence-electron chi connectivity index (χ4n) is 6.23. The van der Waals surface area contributed by atoms with Gasteiger partial charge in [-0.3, -0.25) is 9.10 Å². The van der Waals surface area contributed by atoms with Gasteiger partial charge < -0.3 is 24.2 Å². The molecule has 3 aromatic carbocycles. The average molecular weight is 677 g/mol. The van der Waals surface area contributed by atoms with Crippen molar-refractivity contribution in [3.8, 4) is 11.3 Å². The van der Waals surface area contributed by atoms with Gasteiger partial charge in [0.05, 0.1) is 41.9 Å². The number of primary amides is 1. The van der Waals surface area contributed by atoms with Gasteiger partial charge >= 0.3 is 7.12 Å². The van der Waals surface area contributed by atoms with Crippen molar-refractivity contribution in [1.29, 1.82) is 0 Å². The lowest BCUT2D eigenvalue weighted by molar-refractivity contribution is 0.00578. The van der Waals surface area contributed by atoms with E-state index in [2.05, 4.69) is 0 Å². The van der Waals surface area contributed by atoms with Crippen molar-refractivity contribution < 1.29 is 36.1 Å². The maximum Gasteiger partial charge on any atom is 0.458 e. The van der Waals surface area contributed by atoms with Crippen LogP contribution in [-0.4, -0.2) is 52.1 Å². The highest BCUT2D eigenvalue weighted by atomic mass is 32.2. The lowest BCUT2D eigenvalue weighted by Gasteiger charge is -2.32. The number of furan rings is 1. The second-order valence-electron chi connectivity index (χ2n) is 13.9. The van der Waals surface area contributed by atoms with Crippen molar-refractivity contribution >= 4 is 39.7 Å². The zero-order valence-electron chi connectivity index (χ0n) is 28.0. The first-order chi connectivity index (χ1) is 22.6. The molecular formula is C36H42BFN2O7S. The molecule has 1 saturated heterocycles. The number of anilines is 1. The first-order valence-corrected chi connectivity index (χ1v) is 18.1. The summed E-state index contributed by atoms with van der Waals surface area (Å²) >= 11 is 0.